The number of nitrogens with two attached hydrogens (primary N) is 1. The zero-order valence-corrected chi connectivity index (χ0v) is 7.73. The summed E-state index contributed by atoms with van der Waals surface area (Å²) in [6.45, 7) is 1.78. The SMILES string of the molecule is CC1(Cl)C=CC(N)C(O)(Cl)C1. The van der Waals surface area contributed by atoms with Crippen LogP contribution in [0.4, 0.5) is 0 Å². The van der Waals surface area contributed by atoms with Gasteiger partial charge in [-0.05, 0) is 6.92 Å². The molecule has 4 heteroatoms. The van der Waals surface area contributed by atoms with Crippen LogP contribution < -0.4 is 5.73 Å². The first-order chi connectivity index (χ1) is 4.83. The third-order valence-electron chi connectivity index (χ3n) is 1.76. The van der Waals surface area contributed by atoms with Crippen molar-refractivity contribution in [1.29, 1.82) is 0 Å². The van der Waals surface area contributed by atoms with E-state index in [9.17, 15) is 5.11 Å². The second-order valence-electron chi connectivity index (χ2n) is 3.16. The molecule has 0 aromatic heterocycles. The molecule has 0 saturated carbocycles. The summed E-state index contributed by atoms with van der Waals surface area (Å²) >= 11 is 11.6. The predicted octanol–water partition coefficient (Wildman–Crippen LogP) is 1.20. The quantitative estimate of drug-likeness (QED) is 0.451. The fourth-order valence-corrected chi connectivity index (χ4v) is 1.81. The van der Waals surface area contributed by atoms with Crippen LogP contribution in [0, 0.1) is 0 Å². The van der Waals surface area contributed by atoms with Gasteiger partial charge in [-0.2, -0.15) is 0 Å². The molecular formula is C7H11Cl2NO. The number of hydrogen-bond donors (Lipinski definition) is 2. The molecule has 0 radical (unpaired) electrons. The minimum atomic E-state index is -1.40. The van der Waals surface area contributed by atoms with E-state index in [1.54, 1.807) is 19.1 Å². The molecule has 0 aromatic carbocycles. The highest BCUT2D eigenvalue weighted by Crippen LogP contribution is 2.36. The lowest BCUT2D eigenvalue weighted by molar-refractivity contribution is 0.0928. The molecule has 0 bridgehead atoms. The van der Waals surface area contributed by atoms with Gasteiger partial charge < -0.3 is 10.8 Å². The van der Waals surface area contributed by atoms with E-state index in [0.717, 1.165) is 0 Å². The van der Waals surface area contributed by atoms with Gasteiger partial charge in [0.15, 0.2) is 5.06 Å². The van der Waals surface area contributed by atoms with Crippen molar-refractivity contribution in [2.45, 2.75) is 29.3 Å². The van der Waals surface area contributed by atoms with Gasteiger partial charge >= 0.3 is 0 Å². The second-order valence-corrected chi connectivity index (χ2v) is 4.68. The van der Waals surface area contributed by atoms with E-state index >= 15 is 0 Å². The molecule has 64 valence electrons. The van der Waals surface area contributed by atoms with Gasteiger partial charge in [0.1, 0.15) is 0 Å². The van der Waals surface area contributed by atoms with E-state index in [1.165, 1.54) is 0 Å². The van der Waals surface area contributed by atoms with Crippen molar-refractivity contribution in [2.24, 2.45) is 5.73 Å². The molecule has 3 unspecified atom stereocenters. The molecule has 1 rings (SSSR count). The Bertz CT molecular complexity index is 189. The average Bonchev–Trinajstić information content (AvgIpc) is 1.77. The molecular weight excluding hydrogens is 185 g/mol. The Labute approximate surface area is 76.0 Å². The van der Waals surface area contributed by atoms with Crippen LogP contribution in [0.3, 0.4) is 0 Å². The Kier molecular flexibility index (Phi) is 2.23. The minimum absolute atomic E-state index is 0.265. The first-order valence-corrected chi connectivity index (χ1v) is 4.14. The lowest BCUT2D eigenvalue weighted by atomic mass is 9.91. The molecule has 0 saturated heterocycles. The number of aliphatic hydroxyl groups is 1. The third kappa shape index (κ3) is 2.09. The normalized spacial score (nSPS) is 51.2. The first kappa shape index (κ1) is 9.33. The predicted molar refractivity (Wildman–Crippen MR) is 46.8 cm³/mol. The molecule has 0 heterocycles. The summed E-state index contributed by atoms with van der Waals surface area (Å²) in [6.07, 6.45) is 3.65. The maximum atomic E-state index is 9.48. The Hall–Kier alpha value is 0.240. The Balaban J connectivity index is 2.85. The summed E-state index contributed by atoms with van der Waals surface area (Å²) in [4.78, 5) is -0.577. The lowest BCUT2D eigenvalue weighted by Crippen LogP contribution is -2.48. The van der Waals surface area contributed by atoms with E-state index in [0.29, 0.717) is 0 Å². The summed E-state index contributed by atoms with van der Waals surface area (Å²) in [6, 6.07) is -0.531. The van der Waals surface area contributed by atoms with Gasteiger partial charge in [0.2, 0.25) is 0 Å². The topological polar surface area (TPSA) is 46.2 Å². The summed E-state index contributed by atoms with van der Waals surface area (Å²) in [7, 11) is 0. The van der Waals surface area contributed by atoms with Crippen molar-refractivity contribution in [3.8, 4) is 0 Å². The molecule has 11 heavy (non-hydrogen) atoms. The van der Waals surface area contributed by atoms with Crippen molar-refractivity contribution >= 4 is 23.2 Å². The Morgan fingerprint density at radius 3 is 2.55 bits per heavy atom. The van der Waals surface area contributed by atoms with Gasteiger partial charge in [0.25, 0.3) is 0 Å². The molecule has 0 aliphatic heterocycles. The third-order valence-corrected chi connectivity index (χ3v) is 2.40. The Morgan fingerprint density at radius 1 is 1.64 bits per heavy atom. The number of halogens is 2. The minimum Gasteiger partial charge on any atom is -0.373 e. The molecule has 0 aromatic rings. The summed E-state index contributed by atoms with van der Waals surface area (Å²) in [5, 5.41) is 8.09. The number of alkyl halides is 2. The van der Waals surface area contributed by atoms with Crippen molar-refractivity contribution in [2.75, 3.05) is 0 Å². The van der Waals surface area contributed by atoms with Gasteiger partial charge in [0.05, 0.1) is 10.9 Å². The van der Waals surface area contributed by atoms with Crippen LogP contribution in [0.15, 0.2) is 12.2 Å². The van der Waals surface area contributed by atoms with E-state index in [4.69, 9.17) is 28.9 Å². The number of rotatable bonds is 0. The van der Waals surface area contributed by atoms with Crippen LogP contribution in [-0.2, 0) is 0 Å². The summed E-state index contributed by atoms with van der Waals surface area (Å²) in [5.74, 6) is 0. The summed E-state index contributed by atoms with van der Waals surface area (Å²) < 4.78 is 0. The van der Waals surface area contributed by atoms with Crippen LogP contribution >= 0.6 is 23.2 Å². The molecule has 0 spiro atoms. The van der Waals surface area contributed by atoms with Gasteiger partial charge in [0, 0.05) is 6.42 Å². The monoisotopic (exact) mass is 195 g/mol. The fourth-order valence-electron chi connectivity index (χ4n) is 1.11. The summed E-state index contributed by atoms with van der Waals surface area (Å²) in [5.41, 5.74) is 5.51. The highest BCUT2D eigenvalue weighted by Gasteiger charge is 2.40. The van der Waals surface area contributed by atoms with Gasteiger partial charge in [-0.3, -0.25) is 0 Å². The zero-order valence-electron chi connectivity index (χ0n) is 6.22. The van der Waals surface area contributed by atoms with Crippen molar-refractivity contribution in [3.63, 3.8) is 0 Å². The Morgan fingerprint density at radius 2 is 2.18 bits per heavy atom. The van der Waals surface area contributed by atoms with Gasteiger partial charge in [-0.1, -0.05) is 23.8 Å². The fraction of sp³-hybridized carbons (Fsp3) is 0.714. The van der Waals surface area contributed by atoms with E-state index < -0.39 is 16.0 Å². The van der Waals surface area contributed by atoms with E-state index in [2.05, 4.69) is 0 Å². The van der Waals surface area contributed by atoms with Crippen molar-refractivity contribution < 1.29 is 5.11 Å². The van der Waals surface area contributed by atoms with Gasteiger partial charge in [-0.15, -0.1) is 11.6 Å². The lowest BCUT2D eigenvalue weighted by Gasteiger charge is -2.35. The van der Waals surface area contributed by atoms with Crippen LogP contribution in [0.1, 0.15) is 13.3 Å². The average molecular weight is 196 g/mol. The molecule has 3 N–H and O–H groups in total. The molecule has 1 aliphatic carbocycles. The zero-order chi connectivity index (χ0) is 8.70. The molecule has 0 amide bonds. The molecule has 2 nitrogen and oxygen atoms in total. The van der Waals surface area contributed by atoms with Crippen LogP contribution in [0.25, 0.3) is 0 Å². The molecule has 1 aliphatic rings. The second kappa shape index (κ2) is 2.63. The molecule has 0 fully saturated rings. The highest BCUT2D eigenvalue weighted by atomic mass is 35.5. The standard InChI is InChI=1S/C7H11Cl2NO/c1-6(8)3-2-5(10)7(9,11)4-6/h2-3,5,11H,4,10H2,1H3. The maximum Gasteiger partial charge on any atom is 0.159 e. The van der Waals surface area contributed by atoms with E-state index in [-0.39, 0.29) is 6.42 Å². The first-order valence-electron chi connectivity index (χ1n) is 3.39. The van der Waals surface area contributed by atoms with Crippen molar-refractivity contribution in [3.05, 3.63) is 12.2 Å². The largest absolute Gasteiger partial charge is 0.373 e. The highest BCUT2D eigenvalue weighted by molar-refractivity contribution is 6.28. The van der Waals surface area contributed by atoms with Crippen molar-refractivity contribution in [1.82, 2.24) is 0 Å². The number of allylic oxidation sites excluding steroid dienone is 1. The number of hydrogen-bond acceptors (Lipinski definition) is 2. The van der Waals surface area contributed by atoms with E-state index in [1.807, 2.05) is 0 Å². The van der Waals surface area contributed by atoms with Gasteiger partial charge in [-0.25, -0.2) is 0 Å². The molecule has 3 atom stereocenters. The smallest absolute Gasteiger partial charge is 0.159 e. The van der Waals surface area contributed by atoms with Crippen LogP contribution in [0.5, 0.6) is 0 Å². The maximum absolute atomic E-state index is 9.48. The van der Waals surface area contributed by atoms with Crippen LogP contribution in [-0.4, -0.2) is 21.1 Å². The van der Waals surface area contributed by atoms with Crippen LogP contribution in [0.2, 0.25) is 0 Å².